The number of hydrogen-bond donors (Lipinski definition) is 1. The molecule has 0 aliphatic carbocycles. The van der Waals surface area contributed by atoms with Crippen LogP contribution < -0.4 is 5.32 Å². The number of carbonyl (C=O) groups is 1. The van der Waals surface area contributed by atoms with Crippen LogP contribution in [0.2, 0.25) is 5.02 Å². The summed E-state index contributed by atoms with van der Waals surface area (Å²) in [4.78, 5) is 15.2. The van der Waals surface area contributed by atoms with Crippen molar-refractivity contribution < 1.29 is 4.79 Å². The average Bonchev–Trinajstić information content (AvgIpc) is 2.93. The molecule has 21 heavy (non-hydrogen) atoms. The number of nitrogens with one attached hydrogen (secondary N) is 1. The van der Waals surface area contributed by atoms with Crippen molar-refractivity contribution in [2.75, 3.05) is 19.4 Å². The molecule has 0 unspecified atom stereocenters. The number of nitriles is 1. The molecule has 1 N–H and O–H groups in total. The molecule has 0 spiro atoms. The molecule has 6 heteroatoms. The van der Waals surface area contributed by atoms with Crippen LogP contribution in [-0.2, 0) is 6.54 Å². The first-order valence-electron chi connectivity index (χ1n) is 6.25. The molecule has 1 heterocycles. The first kappa shape index (κ1) is 15.4. The monoisotopic (exact) mass is 319 g/mol. The minimum Gasteiger partial charge on any atom is -0.379 e. The molecule has 2 aromatic rings. The van der Waals surface area contributed by atoms with E-state index in [2.05, 4.69) is 11.4 Å². The highest BCUT2D eigenvalue weighted by atomic mass is 35.5. The molecule has 0 saturated carbocycles. The zero-order valence-electron chi connectivity index (χ0n) is 11.7. The predicted octanol–water partition coefficient (Wildman–Crippen LogP) is 3.59. The highest BCUT2D eigenvalue weighted by Gasteiger charge is 2.10. The van der Waals surface area contributed by atoms with Gasteiger partial charge < -0.3 is 10.2 Å². The Kier molecular flexibility index (Phi) is 4.84. The van der Waals surface area contributed by atoms with Gasteiger partial charge in [0.05, 0.1) is 10.7 Å². The van der Waals surface area contributed by atoms with E-state index in [0.29, 0.717) is 27.7 Å². The minimum absolute atomic E-state index is 0.0717. The van der Waals surface area contributed by atoms with Crippen molar-refractivity contribution in [3.8, 4) is 6.07 Å². The molecule has 1 aromatic carbocycles. The van der Waals surface area contributed by atoms with Gasteiger partial charge in [0.15, 0.2) is 0 Å². The molecule has 0 bridgehead atoms. The van der Waals surface area contributed by atoms with E-state index in [1.54, 1.807) is 38.4 Å². The number of thiophene rings is 1. The minimum atomic E-state index is -0.0717. The van der Waals surface area contributed by atoms with Gasteiger partial charge in [0.2, 0.25) is 0 Å². The Morgan fingerprint density at radius 1 is 1.38 bits per heavy atom. The summed E-state index contributed by atoms with van der Waals surface area (Å²) in [6, 6.07) is 10.9. The molecule has 4 nitrogen and oxygen atoms in total. The van der Waals surface area contributed by atoms with Gasteiger partial charge in [0.1, 0.15) is 10.9 Å². The molecule has 0 saturated heterocycles. The number of nitrogens with zero attached hydrogens (tertiary/aromatic N) is 2. The Labute approximate surface area is 132 Å². The zero-order chi connectivity index (χ0) is 15.4. The highest BCUT2D eigenvalue weighted by molar-refractivity contribution is 7.12. The average molecular weight is 320 g/mol. The molecule has 0 aliphatic heterocycles. The maximum Gasteiger partial charge on any atom is 0.253 e. The predicted molar refractivity (Wildman–Crippen MR) is 85.8 cm³/mol. The van der Waals surface area contributed by atoms with Crippen LogP contribution in [0.3, 0.4) is 0 Å². The van der Waals surface area contributed by atoms with Gasteiger partial charge in [-0.05, 0) is 30.3 Å². The van der Waals surface area contributed by atoms with Gasteiger partial charge in [-0.1, -0.05) is 11.6 Å². The van der Waals surface area contributed by atoms with Gasteiger partial charge >= 0.3 is 0 Å². The van der Waals surface area contributed by atoms with Crippen molar-refractivity contribution in [1.82, 2.24) is 4.90 Å². The maximum atomic E-state index is 11.9. The molecule has 108 valence electrons. The summed E-state index contributed by atoms with van der Waals surface area (Å²) in [7, 11) is 3.41. The number of carbonyl (C=O) groups excluding carboxylic acids is 1. The maximum absolute atomic E-state index is 11.9. The second kappa shape index (κ2) is 6.61. The van der Waals surface area contributed by atoms with E-state index in [9.17, 15) is 4.79 Å². The molecule has 1 aromatic heterocycles. The molecule has 0 fully saturated rings. The van der Waals surface area contributed by atoms with Crippen molar-refractivity contribution in [2.45, 2.75) is 6.54 Å². The van der Waals surface area contributed by atoms with Crippen LogP contribution in [0.4, 0.5) is 5.69 Å². The van der Waals surface area contributed by atoms with Crippen molar-refractivity contribution in [1.29, 1.82) is 5.26 Å². The van der Waals surface area contributed by atoms with Crippen molar-refractivity contribution in [2.24, 2.45) is 0 Å². The smallest absolute Gasteiger partial charge is 0.253 e. The van der Waals surface area contributed by atoms with Crippen LogP contribution in [0.25, 0.3) is 0 Å². The molecule has 0 aliphatic rings. The fraction of sp³-hybridized carbons (Fsp3) is 0.200. The van der Waals surface area contributed by atoms with Crippen LogP contribution in [0.5, 0.6) is 0 Å². The number of hydrogen-bond acceptors (Lipinski definition) is 4. The summed E-state index contributed by atoms with van der Waals surface area (Å²) in [5.74, 6) is -0.0717. The lowest BCUT2D eigenvalue weighted by atomic mass is 10.2. The Hall–Kier alpha value is -2.03. The first-order chi connectivity index (χ1) is 10.0. The van der Waals surface area contributed by atoms with Crippen LogP contribution in [0.15, 0.2) is 30.3 Å². The molecular formula is C15H14ClN3OS. The third kappa shape index (κ3) is 3.75. The number of halogens is 1. The topological polar surface area (TPSA) is 56.1 Å². The number of anilines is 1. The largest absolute Gasteiger partial charge is 0.379 e. The first-order valence-corrected chi connectivity index (χ1v) is 7.44. The van der Waals surface area contributed by atoms with E-state index in [1.165, 1.54) is 16.2 Å². The van der Waals surface area contributed by atoms with E-state index in [-0.39, 0.29) is 5.91 Å². The Bertz CT molecular complexity index is 703. The van der Waals surface area contributed by atoms with Crippen LogP contribution in [0.1, 0.15) is 20.1 Å². The van der Waals surface area contributed by atoms with Gasteiger partial charge in [0, 0.05) is 31.1 Å². The van der Waals surface area contributed by atoms with Crippen LogP contribution >= 0.6 is 22.9 Å². The summed E-state index contributed by atoms with van der Waals surface area (Å²) < 4.78 is 0. The summed E-state index contributed by atoms with van der Waals surface area (Å²) in [6.07, 6.45) is 0. The third-order valence-corrected chi connectivity index (χ3v) is 4.16. The van der Waals surface area contributed by atoms with E-state index in [1.807, 2.05) is 6.07 Å². The summed E-state index contributed by atoms with van der Waals surface area (Å²) >= 11 is 7.57. The van der Waals surface area contributed by atoms with Gasteiger partial charge in [-0.2, -0.15) is 5.26 Å². The van der Waals surface area contributed by atoms with Gasteiger partial charge in [0.25, 0.3) is 5.91 Å². The van der Waals surface area contributed by atoms with Crippen LogP contribution in [0, 0.1) is 11.3 Å². The van der Waals surface area contributed by atoms with E-state index < -0.39 is 0 Å². The van der Waals surface area contributed by atoms with Gasteiger partial charge in [-0.3, -0.25) is 4.79 Å². The van der Waals surface area contributed by atoms with Gasteiger partial charge in [-0.15, -0.1) is 11.3 Å². The lowest BCUT2D eigenvalue weighted by Crippen LogP contribution is -2.21. The number of benzene rings is 1. The Morgan fingerprint density at radius 2 is 2.14 bits per heavy atom. The van der Waals surface area contributed by atoms with Crippen LogP contribution in [-0.4, -0.2) is 24.9 Å². The molecule has 1 amide bonds. The molecule has 0 radical (unpaired) electrons. The fourth-order valence-electron chi connectivity index (χ4n) is 1.77. The standard InChI is InChI=1S/C15H14ClN3OS/c1-19(2)15(20)10-3-6-13(16)14(7-10)18-9-12-5-4-11(8-17)21-12/h3-7,18H,9H2,1-2H3. The van der Waals surface area contributed by atoms with Crippen molar-refractivity contribution in [3.05, 3.63) is 50.7 Å². The van der Waals surface area contributed by atoms with Gasteiger partial charge in [-0.25, -0.2) is 0 Å². The van der Waals surface area contributed by atoms with Crippen molar-refractivity contribution in [3.63, 3.8) is 0 Å². The fourth-order valence-corrected chi connectivity index (χ4v) is 2.70. The lowest BCUT2D eigenvalue weighted by Gasteiger charge is -2.13. The second-order valence-electron chi connectivity index (χ2n) is 4.63. The molecule has 0 atom stereocenters. The molecular weight excluding hydrogens is 306 g/mol. The Balaban J connectivity index is 2.14. The van der Waals surface area contributed by atoms with E-state index in [4.69, 9.17) is 16.9 Å². The SMILES string of the molecule is CN(C)C(=O)c1ccc(Cl)c(NCc2ccc(C#N)s2)c1. The summed E-state index contributed by atoms with van der Waals surface area (Å²) in [6.45, 7) is 0.561. The lowest BCUT2D eigenvalue weighted by molar-refractivity contribution is 0.0827. The molecule has 2 rings (SSSR count). The quantitative estimate of drug-likeness (QED) is 0.937. The van der Waals surface area contributed by atoms with E-state index >= 15 is 0 Å². The van der Waals surface area contributed by atoms with E-state index in [0.717, 1.165) is 4.88 Å². The zero-order valence-corrected chi connectivity index (χ0v) is 13.3. The third-order valence-electron chi connectivity index (χ3n) is 2.84. The summed E-state index contributed by atoms with van der Waals surface area (Å²) in [5.41, 5.74) is 1.28. The Morgan fingerprint density at radius 3 is 2.76 bits per heavy atom. The highest BCUT2D eigenvalue weighted by Crippen LogP contribution is 2.25. The second-order valence-corrected chi connectivity index (χ2v) is 6.20. The van der Waals surface area contributed by atoms with Crippen molar-refractivity contribution >= 4 is 34.5 Å². The number of amides is 1. The summed E-state index contributed by atoms with van der Waals surface area (Å²) in [5, 5.41) is 12.6. The normalized spacial score (nSPS) is 10.0. The number of rotatable bonds is 4.